The summed E-state index contributed by atoms with van der Waals surface area (Å²) in [4.78, 5) is 12.1. The van der Waals surface area contributed by atoms with E-state index < -0.39 is 0 Å². The van der Waals surface area contributed by atoms with Crippen LogP contribution >= 0.6 is 0 Å². The largest absolute Gasteiger partial charge is 0.383 e. The highest BCUT2D eigenvalue weighted by Gasteiger charge is 2.39. The minimum Gasteiger partial charge on any atom is -0.383 e. The highest BCUT2D eigenvalue weighted by atomic mass is 16.5. The SMILES string of the molecule is CC[C@H](COC)NC(=O)[C@@H]1C[C@H]2C=C[C@H]1C2. The molecule has 90 valence electrons. The molecule has 2 aliphatic carbocycles. The molecule has 4 atom stereocenters. The van der Waals surface area contributed by atoms with Crippen LogP contribution in [0.25, 0.3) is 0 Å². The van der Waals surface area contributed by atoms with E-state index in [-0.39, 0.29) is 17.9 Å². The fourth-order valence-electron chi connectivity index (χ4n) is 2.85. The molecular formula is C13H21NO2. The third kappa shape index (κ3) is 2.29. The van der Waals surface area contributed by atoms with Crippen molar-refractivity contribution >= 4 is 5.91 Å². The van der Waals surface area contributed by atoms with Crippen LogP contribution in [0, 0.1) is 17.8 Å². The van der Waals surface area contributed by atoms with Gasteiger partial charge in [0.25, 0.3) is 0 Å². The van der Waals surface area contributed by atoms with Crippen LogP contribution in [0.15, 0.2) is 12.2 Å². The molecule has 16 heavy (non-hydrogen) atoms. The summed E-state index contributed by atoms with van der Waals surface area (Å²) in [7, 11) is 1.68. The lowest BCUT2D eigenvalue weighted by Crippen LogP contribution is -2.42. The maximum Gasteiger partial charge on any atom is 0.224 e. The second-order valence-corrected chi connectivity index (χ2v) is 4.96. The van der Waals surface area contributed by atoms with Crippen LogP contribution in [0.1, 0.15) is 26.2 Å². The Hall–Kier alpha value is -0.830. The maximum absolute atomic E-state index is 12.1. The van der Waals surface area contributed by atoms with Crippen LogP contribution in [-0.4, -0.2) is 25.7 Å². The predicted octanol–water partition coefficient (Wildman–Crippen LogP) is 1.74. The molecule has 0 aliphatic heterocycles. The Morgan fingerprint density at radius 2 is 2.31 bits per heavy atom. The molecule has 0 aromatic heterocycles. The van der Waals surface area contributed by atoms with Gasteiger partial charge in [-0.1, -0.05) is 19.1 Å². The number of amides is 1. The Morgan fingerprint density at radius 3 is 2.81 bits per heavy atom. The number of ether oxygens (including phenoxy) is 1. The fraction of sp³-hybridized carbons (Fsp3) is 0.769. The van der Waals surface area contributed by atoms with Crippen LogP contribution < -0.4 is 5.32 Å². The third-order valence-electron chi connectivity index (χ3n) is 3.82. The van der Waals surface area contributed by atoms with Crippen molar-refractivity contribution < 1.29 is 9.53 Å². The van der Waals surface area contributed by atoms with E-state index in [2.05, 4.69) is 24.4 Å². The van der Waals surface area contributed by atoms with Gasteiger partial charge in [-0.2, -0.15) is 0 Å². The number of carbonyl (C=O) groups is 1. The van der Waals surface area contributed by atoms with E-state index in [0.29, 0.717) is 18.4 Å². The summed E-state index contributed by atoms with van der Waals surface area (Å²) >= 11 is 0. The monoisotopic (exact) mass is 223 g/mol. The number of hydrogen-bond donors (Lipinski definition) is 1. The number of carbonyl (C=O) groups excluding carboxylic acids is 1. The summed E-state index contributed by atoms with van der Waals surface area (Å²) < 4.78 is 5.09. The van der Waals surface area contributed by atoms with Gasteiger partial charge in [-0.3, -0.25) is 4.79 Å². The third-order valence-corrected chi connectivity index (χ3v) is 3.82. The quantitative estimate of drug-likeness (QED) is 0.721. The Bertz CT molecular complexity index is 288. The Morgan fingerprint density at radius 1 is 1.50 bits per heavy atom. The predicted molar refractivity (Wildman–Crippen MR) is 62.9 cm³/mol. The zero-order chi connectivity index (χ0) is 11.5. The lowest BCUT2D eigenvalue weighted by atomic mass is 9.92. The topological polar surface area (TPSA) is 38.3 Å². The van der Waals surface area contributed by atoms with Gasteiger partial charge in [0.2, 0.25) is 5.91 Å². The van der Waals surface area contributed by atoms with Gasteiger partial charge < -0.3 is 10.1 Å². The van der Waals surface area contributed by atoms with Crippen molar-refractivity contribution in [3.8, 4) is 0 Å². The molecule has 3 heteroatoms. The lowest BCUT2D eigenvalue weighted by molar-refractivity contribution is -0.126. The van der Waals surface area contributed by atoms with E-state index in [1.165, 1.54) is 6.42 Å². The summed E-state index contributed by atoms with van der Waals surface area (Å²) in [5.41, 5.74) is 0. The van der Waals surface area contributed by atoms with E-state index in [1.807, 2.05) is 0 Å². The van der Waals surface area contributed by atoms with Crippen molar-refractivity contribution in [2.75, 3.05) is 13.7 Å². The zero-order valence-electron chi connectivity index (χ0n) is 10.1. The number of nitrogens with one attached hydrogen (secondary N) is 1. The number of fused-ring (bicyclic) bond motifs is 2. The van der Waals surface area contributed by atoms with E-state index in [0.717, 1.165) is 12.8 Å². The maximum atomic E-state index is 12.1. The van der Waals surface area contributed by atoms with E-state index >= 15 is 0 Å². The average molecular weight is 223 g/mol. The minimum absolute atomic E-state index is 0.167. The smallest absolute Gasteiger partial charge is 0.224 e. The summed E-state index contributed by atoms with van der Waals surface area (Å²) in [5, 5.41) is 3.10. The highest BCUT2D eigenvalue weighted by Crippen LogP contribution is 2.43. The van der Waals surface area contributed by atoms with Crippen molar-refractivity contribution in [3.63, 3.8) is 0 Å². The van der Waals surface area contributed by atoms with Gasteiger partial charge in [-0.15, -0.1) is 0 Å². The van der Waals surface area contributed by atoms with Crippen LogP contribution in [0.4, 0.5) is 0 Å². The van der Waals surface area contributed by atoms with Gasteiger partial charge in [0.05, 0.1) is 12.6 Å². The van der Waals surface area contributed by atoms with E-state index in [4.69, 9.17) is 4.74 Å². The second-order valence-electron chi connectivity index (χ2n) is 4.96. The average Bonchev–Trinajstić information content (AvgIpc) is 2.89. The lowest BCUT2D eigenvalue weighted by Gasteiger charge is -2.22. The zero-order valence-corrected chi connectivity index (χ0v) is 10.1. The molecule has 0 aromatic rings. The normalized spacial score (nSPS) is 33.0. The summed E-state index contributed by atoms with van der Waals surface area (Å²) in [5.74, 6) is 1.58. The molecule has 2 bridgehead atoms. The molecule has 0 saturated heterocycles. The van der Waals surface area contributed by atoms with E-state index in [9.17, 15) is 4.79 Å². The van der Waals surface area contributed by atoms with E-state index in [1.54, 1.807) is 7.11 Å². The summed E-state index contributed by atoms with van der Waals surface area (Å²) in [6.07, 6.45) is 7.63. The molecular weight excluding hydrogens is 202 g/mol. The van der Waals surface area contributed by atoms with Crippen molar-refractivity contribution in [1.29, 1.82) is 0 Å². The van der Waals surface area contributed by atoms with Gasteiger partial charge in [-0.05, 0) is 31.1 Å². The number of methoxy groups -OCH3 is 1. The van der Waals surface area contributed by atoms with Gasteiger partial charge >= 0.3 is 0 Å². The van der Waals surface area contributed by atoms with Crippen LogP contribution in [0.5, 0.6) is 0 Å². The van der Waals surface area contributed by atoms with Crippen molar-refractivity contribution in [2.45, 2.75) is 32.2 Å². The van der Waals surface area contributed by atoms with Gasteiger partial charge in [0, 0.05) is 13.0 Å². The Balaban J connectivity index is 1.86. The standard InChI is InChI=1S/C13H21NO2/c1-3-11(8-16-2)14-13(15)12-7-9-4-5-10(12)6-9/h4-5,9-12H,3,6-8H2,1-2H3,(H,14,15)/t9-,10-,11+,12+/m0/s1. The Kier molecular flexibility index (Phi) is 3.64. The first-order valence-electron chi connectivity index (χ1n) is 6.22. The van der Waals surface area contributed by atoms with Gasteiger partial charge in [0.1, 0.15) is 0 Å². The molecule has 0 radical (unpaired) electrons. The molecule has 1 fully saturated rings. The van der Waals surface area contributed by atoms with Gasteiger partial charge in [-0.25, -0.2) is 0 Å². The molecule has 2 rings (SSSR count). The van der Waals surface area contributed by atoms with Crippen molar-refractivity contribution in [1.82, 2.24) is 5.32 Å². The Labute approximate surface area is 97.2 Å². The number of hydrogen-bond acceptors (Lipinski definition) is 2. The summed E-state index contributed by atoms with van der Waals surface area (Å²) in [6.45, 7) is 2.68. The molecule has 0 spiro atoms. The van der Waals surface area contributed by atoms with Crippen LogP contribution in [0.2, 0.25) is 0 Å². The fourth-order valence-corrected chi connectivity index (χ4v) is 2.85. The molecule has 1 N–H and O–H groups in total. The van der Waals surface area contributed by atoms with Crippen LogP contribution in [-0.2, 0) is 9.53 Å². The second kappa shape index (κ2) is 5.00. The van der Waals surface area contributed by atoms with Crippen LogP contribution in [0.3, 0.4) is 0 Å². The minimum atomic E-state index is 0.167. The molecule has 0 heterocycles. The van der Waals surface area contributed by atoms with Gasteiger partial charge in [0.15, 0.2) is 0 Å². The van der Waals surface area contributed by atoms with Crippen molar-refractivity contribution in [2.24, 2.45) is 17.8 Å². The first-order chi connectivity index (χ1) is 7.74. The number of allylic oxidation sites excluding steroid dienone is 2. The van der Waals surface area contributed by atoms with Crippen molar-refractivity contribution in [3.05, 3.63) is 12.2 Å². The highest BCUT2D eigenvalue weighted by molar-refractivity contribution is 5.80. The number of rotatable bonds is 5. The molecule has 0 aromatic carbocycles. The first kappa shape index (κ1) is 11.6. The molecule has 0 unspecified atom stereocenters. The molecule has 3 nitrogen and oxygen atoms in total. The summed E-state index contributed by atoms with van der Waals surface area (Å²) in [6, 6.07) is 0.167. The molecule has 2 aliphatic rings. The molecule has 1 saturated carbocycles. The first-order valence-corrected chi connectivity index (χ1v) is 6.22. The molecule has 1 amide bonds.